The predicted octanol–water partition coefficient (Wildman–Crippen LogP) is 3.88. The number of nitrogens with two attached hydrogens (primary N) is 1. The van der Waals surface area contributed by atoms with Crippen molar-refractivity contribution in [2.45, 2.75) is 13.3 Å². The smallest absolute Gasteiger partial charge is 0.340 e. The van der Waals surface area contributed by atoms with Crippen LogP contribution in [0.3, 0.4) is 0 Å². The quantitative estimate of drug-likeness (QED) is 0.431. The maximum Gasteiger partial charge on any atom is 0.340 e. The van der Waals surface area contributed by atoms with E-state index >= 15 is 0 Å². The van der Waals surface area contributed by atoms with Crippen molar-refractivity contribution < 1.29 is 14.3 Å². The second-order valence-corrected chi connectivity index (χ2v) is 6.72. The lowest BCUT2D eigenvalue weighted by atomic mass is 9.99. The molecule has 0 aliphatic carbocycles. The molecule has 0 atom stereocenters. The number of hydrogen-bond acceptors (Lipinski definition) is 6. The molecule has 2 aromatic carbocycles. The molecule has 148 valence electrons. The van der Waals surface area contributed by atoms with Crippen LogP contribution in [-0.4, -0.2) is 44.4 Å². The number of likely N-dealkylation sites (N-methyl/N-ethyl adjacent to an activating group) is 1. The largest absolute Gasteiger partial charge is 0.435 e. The lowest BCUT2D eigenvalue weighted by Crippen LogP contribution is -2.27. The number of benzene rings is 2. The zero-order valence-electron chi connectivity index (χ0n) is 16.4. The Kier molecular flexibility index (Phi) is 6.68. The van der Waals surface area contributed by atoms with E-state index in [4.69, 9.17) is 15.2 Å². The number of esters is 1. The summed E-state index contributed by atoms with van der Waals surface area (Å²) >= 11 is 0. The predicted molar refractivity (Wildman–Crippen MR) is 113 cm³/mol. The first-order valence-corrected chi connectivity index (χ1v) is 9.45. The first-order valence-electron chi connectivity index (χ1n) is 9.45. The van der Waals surface area contributed by atoms with Crippen LogP contribution in [-0.2, 0) is 9.47 Å². The average molecular weight is 381 g/mol. The molecule has 1 aliphatic rings. The normalized spacial score (nSPS) is 14.4. The molecule has 0 saturated carbocycles. The molecule has 3 rings (SSSR count). The molecule has 1 aliphatic heterocycles. The summed E-state index contributed by atoms with van der Waals surface area (Å²) in [5.41, 5.74) is 11.3. The van der Waals surface area contributed by atoms with Crippen LogP contribution < -0.4 is 11.1 Å². The molecular formula is C22H27N3O3. The number of rotatable bonds is 7. The fourth-order valence-corrected chi connectivity index (χ4v) is 3.21. The number of ether oxygens (including phenoxy) is 2. The van der Waals surface area contributed by atoms with Crippen molar-refractivity contribution in [1.29, 1.82) is 0 Å². The van der Waals surface area contributed by atoms with Gasteiger partial charge in [-0.2, -0.15) is 0 Å². The molecule has 6 nitrogen and oxygen atoms in total. The molecule has 28 heavy (non-hydrogen) atoms. The SMILES string of the molecule is CCN1CC=C(c2cccc(Nc3ccc(C(=O)OCOC)cc3N)c2)CC1. The van der Waals surface area contributed by atoms with Crippen LogP contribution in [0, 0.1) is 0 Å². The molecule has 0 radical (unpaired) electrons. The van der Waals surface area contributed by atoms with Gasteiger partial charge in [0.1, 0.15) is 0 Å². The van der Waals surface area contributed by atoms with E-state index in [0.29, 0.717) is 11.3 Å². The molecule has 0 saturated heterocycles. The summed E-state index contributed by atoms with van der Waals surface area (Å²) in [5, 5.41) is 3.34. The van der Waals surface area contributed by atoms with Gasteiger partial charge in [-0.15, -0.1) is 0 Å². The third kappa shape index (κ3) is 4.91. The van der Waals surface area contributed by atoms with Gasteiger partial charge in [-0.1, -0.05) is 25.1 Å². The Labute approximate surface area is 165 Å². The molecule has 0 amide bonds. The summed E-state index contributed by atoms with van der Waals surface area (Å²) < 4.78 is 9.69. The van der Waals surface area contributed by atoms with Gasteiger partial charge in [0.05, 0.1) is 16.9 Å². The van der Waals surface area contributed by atoms with Gasteiger partial charge in [-0.25, -0.2) is 4.79 Å². The van der Waals surface area contributed by atoms with Gasteiger partial charge in [0.2, 0.25) is 0 Å². The summed E-state index contributed by atoms with van der Waals surface area (Å²) in [6.07, 6.45) is 3.36. The first-order chi connectivity index (χ1) is 13.6. The Morgan fingerprint density at radius 1 is 1.25 bits per heavy atom. The number of carbonyl (C=O) groups is 1. The van der Waals surface area contributed by atoms with E-state index in [9.17, 15) is 4.79 Å². The number of hydrogen-bond donors (Lipinski definition) is 2. The summed E-state index contributed by atoms with van der Waals surface area (Å²) in [6.45, 7) is 5.28. The Morgan fingerprint density at radius 3 is 2.79 bits per heavy atom. The number of nitrogens with zero attached hydrogens (tertiary/aromatic N) is 1. The van der Waals surface area contributed by atoms with E-state index in [1.807, 2.05) is 12.1 Å². The molecule has 6 heteroatoms. The zero-order chi connectivity index (χ0) is 19.9. The maximum absolute atomic E-state index is 11.9. The van der Waals surface area contributed by atoms with Crippen molar-refractivity contribution in [3.05, 3.63) is 59.7 Å². The van der Waals surface area contributed by atoms with Crippen molar-refractivity contribution in [2.24, 2.45) is 0 Å². The molecule has 0 bridgehead atoms. The molecule has 0 spiro atoms. The van der Waals surface area contributed by atoms with Gasteiger partial charge in [0.25, 0.3) is 0 Å². The molecule has 0 aromatic heterocycles. The zero-order valence-corrected chi connectivity index (χ0v) is 16.4. The third-order valence-electron chi connectivity index (χ3n) is 4.85. The Morgan fingerprint density at radius 2 is 2.11 bits per heavy atom. The monoisotopic (exact) mass is 381 g/mol. The standard InChI is InChI=1S/C22H27N3O3/c1-3-25-11-9-16(10-12-25)17-5-4-6-19(13-17)24-21-8-7-18(14-20(21)23)22(26)28-15-27-2/h4-9,13-14,24H,3,10-12,15,23H2,1-2H3. The molecule has 2 aromatic rings. The van der Waals surface area contributed by atoms with Crippen LogP contribution in [0.15, 0.2) is 48.5 Å². The fourth-order valence-electron chi connectivity index (χ4n) is 3.21. The number of nitrogens with one attached hydrogen (secondary N) is 1. The molecular weight excluding hydrogens is 354 g/mol. The lowest BCUT2D eigenvalue weighted by Gasteiger charge is -2.25. The van der Waals surface area contributed by atoms with Crippen LogP contribution in [0.25, 0.3) is 5.57 Å². The Hall–Kier alpha value is -2.83. The van der Waals surface area contributed by atoms with Crippen molar-refractivity contribution in [3.8, 4) is 0 Å². The van der Waals surface area contributed by atoms with E-state index in [-0.39, 0.29) is 6.79 Å². The van der Waals surface area contributed by atoms with Gasteiger partial charge >= 0.3 is 5.97 Å². The van der Waals surface area contributed by atoms with Crippen molar-refractivity contribution in [1.82, 2.24) is 4.90 Å². The van der Waals surface area contributed by atoms with Crippen LogP contribution in [0.1, 0.15) is 29.3 Å². The number of methoxy groups -OCH3 is 1. The van der Waals surface area contributed by atoms with E-state index < -0.39 is 5.97 Å². The van der Waals surface area contributed by atoms with Crippen LogP contribution in [0.5, 0.6) is 0 Å². The second-order valence-electron chi connectivity index (χ2n) is 6.72. The van der Waals surface area contributed by atoms with E-state index in [2.05, 4.69) is 35.3 Å². The van der Waals surface area contributed by atoms with Crippen molar-refractivity contribution >= 4 is 28.6 Å². The van der Waals surface area contributed by atoms with E-state index in [1.54, 1.807) is 18.2 Å². The highest BCUT2D eigenvalue weighted by Gasteiger charge is 2.13. The highest BCUT2D eigenvalue weighted by atomic mass is 16.7. The minimum Gasteiger partial charge on any atom is -0.435 e. The summed E-state index contributed by atoms with van der Waals surface area (Å²) in [7, 11) is 1.46. The third-order valence-corrected chi connectivity index (χ3v) is 4.85. The second kappa shape index (κ2) is 9.39. The first kappa shape index (κ1) is 19.9. The van der Waals surface area contributed by atoms with Crippen LogP contribution in [0.4, 0.5) is 17.1 Å². The Balaban J connectivity index is 1.72. The van der Waals surface area contributed by atoms with Crippen LogP contribution in [0.2, 0.25) is 0 Å². The number of anilines is 3. The Bertz CT molecular complexity index is 864. The lowest BCUT2D eigenvalue weighted by molar-refractivity contribution is -0.0124. The van der Waals surface area contributed by atoms with E-state index in [1.165, 1.54) is 18.2 Å². The van der Waals surface area contributed by atoms with Gasteiger partial charge < -0.3 is 20.5 Å². The maximum atomic E-state index is 11.9. The topological polar surface area (TPSA) is 76.8 Å². The summed E-state index contributed by atoms with van der Waals surface area (Å²) in [5.74, 6) is -0.465. The van der Waals surface area contributed by atoms with Gasteiger partial charge in [-0.3, -0.25) is 4.90 Å². The number of carbonyl (C=O) groups excluding carboxylic acids is 1. The summed E-state index contributed by atoms with van der Waals surface area (Å²) in [4.78, 5) is 14.3. The highest BCUT2D eigenvalue weighted by Crippen LogP contribution is 2.28. The van der Waals surface area contributed by atoms with Crippen molar-refractivity contribution in [2.75, 3.05) is 44.6 Å². The number of nitrogen functional groups attached to an aromatic ring is 1. The van der Waals surface area contributed by atoms with E-state index in [0.717, 1.165) is 37.4 Å². The van der Waals surface area contributed by atoms with Gasteiger partial charge in [0.15, 0.2) is 6.79 Å². The average Bonchev–Trinajstić information content (AvgIpc) is 2.73. The molecule has 0 fully saturated rings. The van der Waals surface area contributed by atoms with Crippen molar-refractivity contribution in [3.63, 3.8) is 0 Å². The molecule has 3 N–H and O–H groups in total. The molecule has 1 heterocycles. The fraction of sp³-hybridized carbons (Fsp3) is 0.318. The minimum absolute atomic E-state index is 0.0859. The highest BCUT2D eigenvalue weighted by molar-refractivity contribution is 5.92. The molecule has 0 unspecified atom stereocenters. The minimum atomic E-state index is -0.465. The summed E-state index contributed by atoms with van der Waals surface area (Å²) in [6, 6.07) is 13.4. The van der Waals surface area contributed by atoms with Gasteiger partial charge in [-0.05, 0) is 54.4 Å². The van der Waals surface area contributed by atoms with Crippen LogP contribution >= 0.6 is 0 Å². The van der Waals surface area contributed by atoms with Gasteiger partial charge in [0, 0.05) is 25.9 Å².